The smallest absolute Gasteiger partial charge is 0.311 e. The van der Waals surface area contributed by atoms with E-state index in [0.29, 0.717) is 23.2 Å². The lowest BCUT2D eigenvalue weighted by molar-refractivity contribution is -0.142. The van der Waals surface area contributed by atoms with Gasteiger partial charge in [-0.05, 0) is 6.92 Å². The molecule has 3 rings (SSSR count). The van der Waals surface area contributed by atoms with Gasteiger partial charge in [0.25, 0.3) is 5.91 Å². The molecule has 29 heavy (non-hydrogen) atoms. The molecular weight excluding hydrogens is 396 g/mol. The first-order valence-corrected chi connectivity index (χ1v) is 9.63. The van der Waals surface area contributed by atoms with Crippen LogP contribution in [0.1, 0.15) is 23.1 Å². The van der Waals surface area contributed by atoms with Crippen LogP contribution in [0.25, 0.3) is 11.3 Å². The number of anilines is 1. The van der Waals surface area contributed by atoms with E-state index < -0.39 is 11.8 Å². The number of hydrogen-bond acceptors (Lipinski definition) is 8. The van der Waals surface area contributed by atoms with E-state index in [0.717, 1.165) is 5.56 Å². The molecule has 0 aliphatic carbocycles. The van der Waals surface area contributed by atoms with Gasteiger partial charge in [0.15, 0.2) is 16.6 Å². The number of nitrogens with one attached hydrogen (secondary N) is 2. The Morgan fingerprint density at radius 3 is 2.76 bits per heavy atom. The largest absolute Gasteiger partial charge is 0.466 e. The molecule has 0 fully saturated rings. The Bertz CT molecular complexity index is 999. The molecule has 0 radical (unpaired) electrons. The molecule has 150 valence electrons. The van der Waals surface area contributed by atoms with Crippen molar-refractivity contribution in [2.45, 2.75) is 13.3 Å². The lowest BCUT2D eigenvalue weighted by Crippen LogP contribution is -2.33. The summed E-state index contributed by atoms with van der Waals surface area (Å²) in [6.07, 6.45) is 0.0346. The third-order valence-corrected chi connectivity index (χ3v) is 4.45. The Kier molecular flexibility index (Phi) is 6.69. The molecule has 10 heteroatoms. The summed E-state index contributed by atoms with van der Waals surface area (Å²) in [6.45, 7) is 1.75. The highest BCUT2D eigenvalue weighted by Crippen LogP contribution is 2.19. The average molecular weight is 414 g/mol. The summed E-state index contributed by atoms with van der Waals surface area (Å²) in [7, 11) is 0. The molecule has 1 aromatic carbocycles. The number of aromatic nitrogens is 2. The van der Waals surface area contributed by atoms with Crippen molar-refractivity contribution in [2.75, 3.05) is 18.5 Å². The number of hydrogen-bond donors (Lipinski definition) is 2. The van der Waals surface area contributed by atoms with E-state index >= 15 is 0 Å². The van der Waals surface area contributed by atoms with Crippen molar-refractivity contribution in [2.24, 2.45) is 0 Å². The van der Waals surface area contributed by atoms with Crippen molar-refractivity contribution in [3.63, 3.8) is 0 Å². The number of thiazole rings is 1. The number of benzene rings is 1. The van der Waals surface area contributed by atoms with Crippen LogP contribution in [0.5, 0.6) is 0 Å². The van der Waals surface area contributed by atoms with E-state index in [9.17, 15) is 14.4 Å². The number of ether oxygens (including phenoxy) is 1. The van der Waals surface area contributed by atoms with Gasteiger partial charge in [-0.1, -0.05) is 35.5 Å². The number of esters is 1. The van der Waals surface area contributed by atoms with Crippen molar-refractivity contribution in [3.05, 3.63) is 53.2 Å². The Labute approximate surface area is 170 Å². The molecule has 0 bridgehead atoms. The van der Waals surface area contributed by atoms with Crippen LogP contribution in [0.3, 0.4) is 0 Å². The lowest BCUT2D eigenvalue weighted by atomic mass is 10.1. The zero-order valence-electron chi connectivity index (χ0n) is 15.5. The molecule has 0 aliphatic rings. The minimum absolute atomic E-state index is 0.0346. The Balaban J connectivity index is 1.48. The van der Waals surface area contributed by atoms with E-state index in [4.69, 9.17) is 9.26 Å². The number of rotatable bonds is 8. The third kappa shape index (κ3) is 5.72. The van der Waals surface area contributed by atoms with E-state index in [2.05, 4.69) is 20.8 Å². The summed E-state index contributed by atoms with van der Waals surface area (Å²) >= 11 is 1.18. The summed E-state index contributed by atoms with van der Waals surface area (Å²) in [5, 5.41) is 10.7. The number of nitrogens with zero attached hydrogens (tertiary/aromatic N) is 2. The highest BCUT2D eigenvalue weighted by atomic mass is 32.1. The van der Waals surface area contributed by atoms with Gasteiger partial charge < -0.3 is 19.9 Å². The summed E-state index contributed by atoms with van der Waals surface area (Å²) in [6, 6.07) is 10.7. The van der Waals surface area contributed by atoms with Crippen molar-refractivity contribution in [1.82, 2.24) is 15.5 Å². The van der Waals surface area contributed by atoms with Gasteiger partial charge in [0.05, 0.1) is 25.3 Å². The molecule has 2 N–H and O–H groups in total. The maximum absolute atomic E-state index is 12.2. The summed E-state index contributed by atoms with van der Waals surface area (Å²) in [5.74, 6) is -0.919. The van der Waals surface area contributed by atoms with Gasteiger partial charge in [-0.3, -0.25) is 14.4 Å². The zero-order chi connectivity index (χ0) is 20.6. The maximum Gasteiger partial charge on any atom is 0.311 e. The van der Waals surface area contributed by atoms with Gasteiger partial charge >= 0.3 is 5.97 Å². The molecule has 2 heterocycles. The van der Waals surface area contributed by atoms with Crippen molar-refractivity contribution >= 4 is 34.3 Å². The van der Waals surface area contributed by atoms with Gasteiger partial charge in [0.2, 0.25) is 5.91 Å². The highest BCUT2D eigenvalue weighted by Gasteiger charge is 2.15. The minimum Gasteiger partial charge on any atom is -0.466 e. The van der Waals surface area contributed by atoms with Crippen LogP contribution >= 0.6 is 11.3 Å². The normalized spacial score (nSPS) is 10.4. The second-order valence-electron chi connectivity index (χ2n) is 5.80. The molecule has 0 saturated heterocycles. The van der Waals surface area contributed by atoms with Crippen LogP contribution in [0.2, 0.25) is 0 Å². The monoisotopic (exact) mass is 414 g/mol. The molecule has 3 aromatic rings. The molecule has 2 amide bonds. The molecular formula is C19H18N4O5S. The molecule has 2 aromatic heterocycles. The van der Waals surface area contributed by atoms with Crippen LogP contribution in [0, 0.1) is 0 Å². The van der Waals surface area contributed by atoms with Crippen molar-refractivity contribution < 1.29 is 23.6 Å². The van der Waals surface area contributed by atoms with Crippen LogP contribution in [-0.4, -0.2) is 41.1 Å². The maximum atomic E-state index is 12.2. The van der Waals surface area contributed by atoms with E-state index in [1.807, 2.05) is 30.3 Å². The first-order chi connectivity index (χ1) is 14.0. The Morgan fingerprint density at radius 2 is 2.00 bits per heavy atom. The summed E-state index contributed by atoms with van der Waals surface area (Å²) < 4.78 is 10.0. The quantitative estimate of drug-likeness (QED) is 0.542. The fourth-order valence-electron chi connectivity index (χ4n) is 2.34. The van der Waals surface area contributed by atoms with Crippen LogP contribution in [0.15, 0.2) is 46.3 Å². The topological polar surface area (TPSA) is 123 Å². The number of carbonyl (C=O) groups is 3. The predicted octanol–water partition coefficient (Wildman–Crippen LogP) is 2.27. The van der Waals surface area contributed by atoms with Gasteiger partial charge in [-0.25, -0.2) is 4.98 Å². The van der Waals surface area contributed by atoms with E-state index in [1.54, 1.807) is 12.3 Å². The van der Waals surface area contributed by atoms with Crippen molar-refractivity contribution in [3.8, 4) is 11.3 Å². The number of carbonyl (C=O) groups excluding carboxylic acids is 3. The first kappa shape index (κ1) is 20.2. The molecule has 0 aliphatic heterocycles. The second-order valence-corrected chi connectivity index (χ2v) is 6.66. The standard InChI is InChI=1S/C19H18N4O5S/c1-2-27-17(25)8-13-11-29-19(21-13)22-16(24)10-20-18(26)14-9-15(28-23-14)12-6-4-3-5-7-12/h3-7,9,11H,2,8,10H2,1H3,(H,20,26)(H,21,22,24). The van der Waals surface area contributed by atoms with Crippen LogP contribution in [0.4, 0.5) is 5.13 Å². The van der Waals surface area contributed by atoms with Gasteiger partial charge in [-0.2, -0.15) is 0 Å². The predicted molar refractivity (Wildman–Crippen MR) is 105 cm³/mol. The minimum atomic E-state index is -0.534. The number of amides is 2. The Morgan fingerprint density at radius 1 is 1.21 bits per heavy atom. The SMILES string of the molecule is CCOC(=O)Cc1csc(NC(=O)CNC(=O)c2cc(-c3ccccc3)on2)n1. The third-order valence-electron chi connectivity index (χ3n) is 3.64. The van der Waals surface area contributed by atoms with Crippen LogP contribution in [-0.2, 0) is 20.7 Å². The summed E-state index contributed by atoms with van der Waals surface area (Å²) in [4.78, 5) is 39.8. The lowest BCUT2D eigenvalue weighted by Gasteiger charge is -2.03. The molecule has 9 nitrogen and oxygen atoms in total. The van der Waals surface area contributed by atoms with Gasteiger partial charge in [-0.15, -0.1) is 11.3 Å². The van der Waals surface area contributed by atoms with E-state index in [1.165, 1.54) is 17.4 Å². The van der Waals surface area contributed by atoms with Crippen LogP contribution < -0.4 is 10.6 Å². The van der Waals surface area contributed by atoms with Gasteiger partial charge in [0, 0.05) is 17.0 Å². The molecule has 0 atom stereocenters. The zero-order valence-corrected chi connectivity index (χ0v) is 16.3. The Hall–Kier alpha value is -3.53. The fourth-order valence-corrected chi connectivity index (χ4v) is 3.07. The fraction of sp³-hybridized carbons (Fsp3) is 0.211. The first-order valence-electron chi connectivity index (χ1n) is 8.75. The van der Waals surface area contributed by atoms with E-state index in [-0.39, 0.29) is 24.6 Å². The molecule has 0 unspecified atom stereocenters. The van der Waals surface area contributed by atoms with Crippen molar-refractivity contribution in [1.29, 1.82) is 0 Å². The summed E-state index contributed by atoms with van der Waals surface area (Å²) in [5.41, 5.74) is 1.37. The highest BCUT2D eigenvalue weighted by molar-refractivity contribution is 7.13. The average Bonchev–Trinajstić information content (AvgIpc) is 3.37. The van der Waals surface area contributed by atoms with Gasteiger partial charge in [0.1, 0.15) is 0 Å². The molecule has 0 spiro atoms. The molecule has 0 saturated carbocycles. The second kappa shape index (κ2) is 9.60.